The number of carbonyl (C=O) groups excluding carboxylic acids is 2. The van der Waals surface area contributed by atoms with Gasteiger partial charge in [-0.25, -0.2) is 9.59 Å². The van der Waals surface area contributed by atoms with Crippen LogP contribution < -0.4 is 0 Å². The average Bonchev–Trinajstić information content (AvgIpc) is 2.35. The summed E-state index contributed by atoms with van der Waals surface area (Å²) in [5.41, 5.74) is 1.27. The Hall–Kier alpha value is -2.10. The Labute approximate surface area is 93.5 Å². The monoisotopic (exact) mass is 220 g/mol. The number of methoxy groups -OCH3 is 2. The highest BCUT2D eigenvalue weighted by molar-refractivity contribution is 5.96. The predicted molar refractivity (Wildman–Crippen MR) is 59.2 cm³/mol. The van der Waals surface area contributed by atoms with Gasteiger partial charge in [0.25, 0.3) is 0 Å². The van der Waals surface area contributed by atoms with Crippen LogP contribution in [0.2, 0.25) is 0 Å². The Morgan fingerprint density at radius 3 is 2.31 bits per heavy atom. The molecule has 1 rings (SSSR count). The number of hydrogen-bond acceptors (Lipinski definition) is 4. The van der Waals surface area contributed by atoms with Crippen LogP contribution in [-0.2, 0) is 9.47 Å². The Kier molecular flexibility index (Phi) is 3.83. The van der Waals surface area contributed by atoms with Gasteiger partial charge in [0.2, 0.25) is 0 Å². The normalized spacial score (nSPS) is 9.38. The SMILES string of the molecule is C=Cc1cc(C(=O)OC)ccc1C(=O)OC. The highest BCUT2D eigenvalue weighted by Gasteiger charge is 2.13. The fraction of sp³-hybridized carbons (Fsp3) is 0.167. The third-order valence-electron chi connectivity index (χ3n) is 2.10. The summed E-state index contributed by atoms with van der Waals surface area (Å²) in [6.07, 6.45) is 1.48. The first kappa shape index (κ1) is 12.0. The van der Waals surface area contributed by atoms with E-state index in [0.717, 1.165) is 0 Å². The molecule has 0 radical (unpaired) electrons. The van der Waals surface area contributed by atoms with E-state index in [1.54, 1.807) is 0 Å². The van der Waals surface area contributed by atoms with Crippen molar-refractivity contribution in [2.75, 3.05) is 14.2 Å². The second-order valence-electron chi connectivity index (χ2n) is 2.99. The van der Waals surface area contributed by atoms with Gasteiger partial charge in [-0.15, -0.1) is 0 Å². The molecule has 0 fully saturated rings. The van der Waals surface area contributed by atoms with Crippen molar-refractivity contribution in [1.82, 2.24) is 0 Å². The van der Waals surface area contributed by atoms with Crippen LogP contribution in [0.4, 0.5) is 0 Å². The lowest BCUT2D eigenvalue weighted by Crippen LogP contribution is -2.07. The van der Waals surface area contributed by atoms with Gasteiger partial charge in [0.15, 0.2) is 0 Å². The molecular formula is C12H12O4. The zero-order chi connectivity index (χ0) is 12.1. The number of carbonyl (C=O) groups is 2. The van der Waals surface area contributed by atoms with Gasteiger partial charge in [0.05, 0.1) is 25.3 Å². The van der Waals surface area contributed by atoms with Gasteiger partial charge in [-0.2, -0.15) is 0 Å². The van der Waals surface area contributed by atoms with Crippen molar-refractivity contribution in [3.63, 3.8) is 0 Å². The average molecular weight is 220 g/mol. The quantitative estimate of drug-likeness (QED) is 0.730. The summed E-state index contributed by atoms with van der Waals surface area (Å²) in [4.78, 5) is 22.6. The lowest BCUT2D eigenvalue weighted by molar-refractivity contribution is 0.0586. The summed E-state index contributed by atoms with van der Waals surface area (Å²) < 4.78 is 9.18. The van der Waals surface area contributed by atoms with Crippen LogP contribution in [0.25, 0.3) is 6.08 Å². The van der Waals surface area contributed by atoms with Gasteiger partial charge in [-0.3, -0.25) is 0 Å². The number of rotatable bonds is 3. The lowest BCUT2D eigenvalue weighted by Gasteiger charge is -2.06. The van der Waals surface area contributed by atoms with Crippen LogP contribution in [0.15, 0.2) is 24.8 Å². The lowest BCUT2D eigenvalue weighted by atomic mass is 10.0. The highest BCUT2D eigenvalue weighted by Crippen LogP contribution is 2.15. The summed E-state index contributed by atoms with van der Waals surface area (Å²) in [5.74, 6) is -0.925. The smallest absolute Gasteiger partial charge is 0.338 e. The maximum Gasteiger partial charge on any atom is 0.338 e. The predicted octanol–water partition coefficient (Wildman–Crippen LogP) is 1.90. The zero-order valence-electron chi connectivity index (χ0n) is 9.15. The number of ether oxygens (including phenoxy) is 2. The number of benzene rings is 1. The van der Waals surface area contributed by atoms with Crippen molar-refractivity contribution in [2.45, 2.75) is 0 Å². The fourth-order valence-corrected chi connectivity index (χ4v) is 1.27. The van der Waals surface area contributed by atoms with E-state index in [4.69, 9.17) is 0 Å². The van der Waals surface area contributed by atoms with Gasteiger partial charge in [0, 0.05) is 0 Å². The summed E-state index contributed by atoms with van der Waals surface area (Å²) in [6, 6.07) is 4.55. The van der Waals surface area contributed by atoms with E-state index in [9.17, 15) is 9.59 Å². The minimum Gasteiger partial charge on any atom is -0.465 e. The molecule has 0 N–H and O–H groups in total. The van der Waals surface area contributed by atoms with Crippen molar-refractivity contribution >= 4 is 18.0 Å². The Balaban J connectivity index is 3.21. The second kappa shape index (κ2) is 5.11. The van der Waals surface area contributed by atoms with E-state index < -0.39 is 11.9 Å². The van der Waals surface area contributed by atoms with E-state index in [2.05, 4.69) is 16.1 Å². The van der Waals surface area contributed by atoms with Crippen molar-refractivity contribution in [3.05, 3.63) is 41.5 Å². The van der Waals surface area contributed by atoms with Crippen LogP contribution in [-0.4, -0.2) is 26.2 Å². The fourth-order valence-electron chi connectivity index (χ4n) is 1.27. The van der Waals surface area contributed by atoms with Crippen molar-refractivity contribution in [3.8, 4) is 0 Å². The first-order chi connectivity index (χ1) is 7.63. The van der Waals surface area contributed by atoms with Crippen LogP contribution in [0.1, 0.15) is 26.3 Å². The largest absolute Gasteiger partial charge is 0.465 e. The molecule has 0 spiro atoms. The van der Waals surface area contributed by atoms with Crippen LogP contribution >= 0.6 is 0 Å². The minimum absolute atomic E-state index is 0.366. The van der Waals surface area contributed by atoms with Gasteiger partial charge in [-0.1, -0.05) is 12.7 Å². The molecule has 0 saturated carbocycles. The third kappa shape index (κ3) is 2.28. The maximum atomic E-state index is 11.4. The Bertz CT molecular complexity index is 435. The molecule has 0 unspecified atom stereocenters. The molecule has 0 bridgehead atoms. The molecule has 84 valence electrons. The molecule has 0 amide bonds. The highest BCUT2D eigenvalue weighted by atomic mass is 16.5. The summed E-state index contributed by atoms with van der Waals surface area (Å²) >= 11 is 0. The molecule has 0 atom stereocenters. The molecule has 0 aromatic heterocycles. The molecule has 4 heteroatoms. The minimum atomic E-state index is -0.466. The van der Waals surface area contributed by atoms with Crippen molar-refractivity contribution in [1.29, 1.82) is 0 Å². The van der Waals surface area contributed by atoms with E-state index >= 15 is 0 Å². The van der Waals surface area contributed by atoms with Gasteiger partial charge in [-0.05, 0) is 23.8 Å². The number of esters is 2. The Morgan fingerprint density at radius 2 is 1.81 bits per heavy atom. The number of hydrogen-bond donors (Lipinski definition) is 0. The molecule has 0 aliphatic heterocycles. The molecular weight excluding hydrogens is 208 g/mol. The van der Waals surface area contributed by atoms with E-state index in [0.29, 0.717) is 16.7 Å². The molecule has 0 aliphatic rings. The van der Waals surface area contributed by atoms with Crippen molar-refractivity contribution < 1.29 is 19.1 Å². The van der Waals surface area contributed by atoms with Gasteiger partial charge < -0.3 is 9.47 Å². The summed E-state index contributed by atoms with van der Waals surface area (Å²) in [7, 11) is 2.59. The molecule has 0 saturated heterocycles. The van der Waals surface area contributed by atoms with E-state index in [1.165, 1.54) is 38.5 Å². The molecule has 0 aliphatic carbocycles. The third-order valence-corrected chi connectivity index (χ3v) is 2.10. The van der Waals surface area contributed by atoms with Crippen LogP contribution in [0.5, 0.6) is 0 Å². The van der Waals surface area contributed by atoms with Crippen LogP contribution in [0.3, 0.4) is 0 Å². The van der Waals surface area contributed by atoms with Gasteiger partial charge in [0.1, 0.15) is 0 Å². The summed E-state index contributed by atoms with van der Waals surface area (Å²) in [6.45, 7) is 3.57. The first-order valence-corrected chi connectivity index (χ1v) is 4.57. The van der Waals surface area contributed by atoms with Crippen LogP contribution in [0, 0.1) is 0 Å². The van der Waals surface area contributed by atoms with E-state index in [-0.39, 0.29) is 0 Å². The molecule has 4 nitrogen and oxygen atoms in total. The first-order valence-electron chi connectivity index (χ1n) is 4.57. The molecule has 0 heterocycles. The second-order valence-corrected chi connectivity index (χ2v) is 2.99. The topological polar surface area (TPSA) is 52.6 Å². The van der Waals surface area contributed by atoms with E-state index in [1.807, 2.05) is 0 Å². The molecule has 1 aromatic rings. The zero-order valence-corrected chi connectivity index (χ0v) is 9.15. The summed E-state index contributed by atoms with van der Waals surface area (Å²) in [5, 5.41) is 0. The molecule has 16 heavy (non-hydrogen) atoms. The molecule has 1 aromatic carbocycles. The van der Waals surface area contributed by atoms with Gasteiger partial charge >= 0.3 is 11.9 Å². The van der Waals surface area contributed by atoms with Crippen molar-refractivity contribution in [2.24, 2.45) is 0 Å². The Morgan fingerprint density at radius 1 is 1.19 bits per heavy atom. The maximum absolute atomic E-state index is 11.4. The standard InChI is InChI=1S/C12H12O4/c1-4-8-7-9(11(13)15-2)5-6-10(8)12(14)16-3/h4-7H,1H2,2-3H3.